The van der Waals surface area contributed by atoms with E-state index < -0.39 is 6.10 Å². The van der Waals surface area contributed by atoms with Crippen LogP contribution in [0.1, 0.15) is 5.56 Å². The van der Waals surface area contributed by atoms with Crippen LogP contribution >= 0.6 is 0 Å². The van der Waals surface area contributed by atoms with Crippen LogP contribution in [0.15, 0.2) is 67.0 Å². The lowest BCUT2D eigenvalue weighted by molar-refractivity contribution is -0.129. The molecular formula is C21H26N4O2. The van der Waals surface area contributed by atoms with Gasteiger partial charge < -0.3 is 15.3 Å². The van der Waals surface area contributed by atoms with E-state index in [-0.39, 0.29) is 0 Å². The molecule has 0 aliphatic heterocycles. The van der Waals surface area contributed by atoms with Crippen LogP contribution < -0.4 is 5.32 Å². The minimum absolute atomic E-state index is 0.416. The summed E-state index contributed by atoms with van der Waals surface area (Å²) in [6.45, 7) is 1.55. The fourth-order valence-electron chi connectivity index (χ4n) is 2.90. The molecule has 1 aromatic heterocycles. The van der Waals surface area contributed by atoms with E-state index in [0.717, 1.165) is 5.69 Å². The molecule has 142 valence electrons. The first-order chi connectivity index (χ1) is 13.1. The van der Waals surface area contributed by atoms with E-state index in [9.17, 15) is 5.11 Å². The number of benzene rings is 2. The monoisotopic (exact) mass is 366 g/mol. The van der Waals surface area contributed by atoms with Gasteiger partial charge in [-0.3, -0.25) is 4.68 Å². The van der Waals surface area contributed by atoms with E-state index in [4.69, 9.17) is 4.84 Å². The predicted molar refractivity (Wildman–Crippen MR) is 107 cm³/mol. The van der Waals surface area contributed by atoms with Gasteiger partial charge in [-0.1, -0.05) is 48.5 Å². The zero-order valence-electron chi connectivity index (χ0n) is 15.7. The number of hydrogen-bond acceptors (Lipinski definition) is 5. The highest BCUT2D eigenvalue weighted by molar-refractivity contribution is 5.64. The Morgan fingerprint density at radius 1 is 1.15 bits per heavy atom. The third-order valence-electron chi connectivity index (χ3n) is 4.34. The molecule has 0 radical (unpaired) electrons. The fraction of sp³-hybridized carbons (Fsp3) is 0.286. The second-order valence-corrected chi connectivity index (χ2v) is 6.52. The molecule has 0 aliphatic rings. The number of hydroxylamine groups is 2. The smallest absolute Gasteiger partial charge is 0.0885 e. The molecule has 0 saturated carbocycles. The van der Waals surface area contributed by atoms with Gasteiger partial charge in [-0.2, -0.15) is 10.2 Å². The molecule has 6 heteroatoms. The summed E-state index contributed by atoms with van der Waals surface area (Å²) in [5, 5.41) is 19.3. The first-order valence-electron chi connectivity index (χ1n) is 8.98. The Hall–Kier alpha value is -2.67. The molecule has 0 unspecified atom stereocenters. The lowest BCUT2D eigenvalue weighted by Gasteiger charge is -2.17. The number of anilines is 1. The molecule has 6 nitrogen and oxygen atoms in total. The van der Waals surface area contributed by atoms with Gasteiger partial charge >= 0.3 is 0 Å². The SMILES string of the molecule is CON(C)C[C@H](O)Cn1cc(NCc2cccc(-c3ccccc3)c2)cn1. The van der Waals surface area contributed by atoms with Crippen molar-refractivity contribution in [3.63, 3.8) is 0 Å². The van der Waals surface area contributed by atoms with Gasteiger partial charge in [0.1, 0.15) is 0 Å². The highest BCUT2D eigenvalue weighted by Gasteiger charge is 2.10. The average Bonchev–Trinajstić information content (AvgIpc) is 3.14. The van der Waals surface area contributed by atoms with E-state index in [2.05, 4.69) is 46.8 Å². The lowest BCUT2D eigenvalue weighted by Crippen LogP contribution is -2.31. The molecule has 2 aromatic carbocycles. The molecular weight excluding hydrogens is 340 g/mol. The van der Waals surface area contributed by atoms with Gasteiger partial charge in [0.05, 0.1) is 38.2 Å². The van der Waals surface area contributed by atoms with E-state index in [0.29, 0.717) is 19.6 Å². The summed E-state index contributed by atoms with van der Waals surface area (Å²) in [4.78, 5) is 5.02. The van der Waals surface area contributed by atoms with Gasteiger partial charge in [0.25, 0.3) is 0 Å². The molecule has 0 spiro atoms. The van der Waals surface area contributed by atoms with Crippen LogP contribution in [0.3, 0.4) is 0 Å². The maximum atomic E-state index is 10.1. The van der Waals surface area contributed by atoms with Gasteiger partial charge in [0, 0.05) is 19.8 Å². The zero-order valence-corrected chi connectivity index (χ0v) is 15.7. The van der Waals surface area contributed by atoms with Crippen LogP contribution in [0, 0.1) is 0 Å². The summed E-state index contributed by atoms with van der Waals surface area (Å²) >= 11 is 0. The van der Waals surface area contributed by atoms with E-state index in [1.54, 1.807) is 30.1 Å². The van der Waals surface area contributed by atoms with Crippen molar-refractivity contribution in [2.24, 2.45) is 0 Å². The van der Waals surface area contributed by atoms with Crippen molar-refractivity contribution in [2.75, 3.05) is 26.0 Å². The third kappa shape index (κ3) is 5.65. The average molecular weight is 366 g/mol. The summed E-state index contributed by atoms with van der Waals surface area (Å²) in [5.74, 6) is 0. The van der Waals surface area contributed by atoms with Crippen molar-refractivity contribution < 1.29 is 9.94 Å². The molecule has 0 aliphatic carbocycles. The van der Waals surface area contributed by atoms with Crippen molar-refractivity contribution >= 4 is 5.69 Å². The van der Waals surface area contributed by atoms with Crippen molar-refractivity contribution in [1.82, 2.24) is 14.8 Å². The first-order valence-corrected chi connectivity index (χ1v) is 8.98. The summed E-state index contributed by atoms with van der Waals surface area (Å²) in [6.07, 6.45) is 3.12. The first kappa shape index (κ1) is 19.1. The summed E-state index contributed by atoms with van der Waals surface area (Å²) in [7, 11) is 3.36. The van der Waals surface area contributed by atoms with Gasteiger partial charge in [-0.15, -0.1) is 0 Å². The van der Waals surface area contributed by atoms with Crippen molar-refractivity contribution in [1.29, 1.82) is 0 Å². The third-order valence-corrected chi connectivity index (χ3v) is 4.34. The minimum atomic E-state index is -0.551. The number of aliphatic hydroxyl groups excluding tert-OH is 1. The number of nitrogens with one attached hydrogen (secondary N) is 1. The van der Waals surface area contributed by atoms with Crippen molar-refractivity contribution in [3.8, 4) is 11.1 Å². The second kappa shape index (κ2) is 9.32. The topological polar surface area (TPSA) is 62.6 Å². The van der Waals surface area contributed by atoms with Gasteiger partial charge in [-0.05, 0) is 22.8 Å². The van der Waals surface area contributed by atoms with Crippen molar-refractivity contribution in [3.05, 3.63) is 72.6 Å². The molecule has 2 N–H and O–H groups in total. The highest BCUT2D eigenvalue weighted by Crippen LogP contribution is 2.20. The Bertz CT molecular complexity index is 835. The fourth-order valence-corrected chi connectivity index (χ4v) is 2.90. The molecule has 0 amide bonds. The molecule has 0 bridgehead atoms. The van der Waals surface area contributed by atoms with Crippen LogP contribution in [0.2, 0.25) is 0 Å². The Balaban J connectivity index is 1.56. The van der Waals surface area contributed by atoms with Crippen LogP contribution in [0.25, 0.3) is 11.1 Å². The molecule has 3 rings (SSSR count). The Morgan fingerprint density at radius 2 is 1.93 bits per heavy atom. The Morgan fingerprint density at radius 3 is 2.70 bits per heavy atom. The van der Waals surface area contributed by atoms with Crippen LogP contribution in [-0.4, -0.2) is 46.8 Å². The molecule has 27 heavy (non-hydrogen) atoms. The minimum Gasteiger partial charge on any atom is -0.390 e. The maximum absolute atomic E-state index is 10.1. The van der Waals surface area contributed by atoms with Crippen molar-refractivity contribution in [2.45, 2.75) is 19.2 Å². The van der Waals surface area contributed by atoms with E-state index in [1.165, 1.54) is 16.7 Å². The number of rotatable bonds is 9. The molecule has 1 heterocycles. The van der Waals surface area contributed by atoms with Crippen LogP contribution in [-0.2, 0) is 17.9 Å². The molecule has 0 saturated heterocycles. The number of likely N-dealkylation sites (N-methyl/N-ethyl adjacent to an activating group) is 1. The van der Waals surface area contributed by atoms with E-state index in [1.807, 2.05) is 24.4 Å². The van der Waals surface area contributed by atoms with E-state index >= 15 is 0 Å². The number of nitrogens with zero attached hydrogens (tertiary/aromatic N) is 3. The summed E-state index contributed by atoms with van der Waals surface area (Å²) < 4.78 is 1.73. The second-order valence-electron chi connectivity index (χ2n) is 6.52. The standard InChI is InChI=1S/C21H26N4O2/c1-24(27-2)15-21(26)16-25-14-20(13-23-25)22-12-17-7-6-10-19(11-17)18-8-4-3-5-9-18/h3-11,13-14,21-22,26H,12,15-16H2,1-2H3/t21-/m0/s1. The quantitative estimate of drug-likeness (QED) is 0.570. The van der Waals surface area contributed by atoms with Crippen LogP contribution in [0.4, 0.5) is 5.69 Å². The Kier molecular flexibility index (Phi) is 6.59. The van der Waals surface area contributed by atoms with Gasteiger partial charge in [-0.25, -0.2) is 0 Å². The Labute approximate surface area is 160 Å². The number of hydrogen-bond donors (Lipinski definition) is 2. The van der Waals surface area contributed by atoms with Gasteiger partial charge in [0.2, 0.25) is 0 Å². The largest absolute Gasteiger partial charge is 0.390 e. The normalized spacial score (nSPS) is 12.3. The van der Waals surface area contributed by atoms with Gasteiger partial charge in [0.15, 0.2) is 0 Å². The maximum Gasteiger partial charge on any atom is 0.0885 e. The summed E-state index contributed by atoms with van der Waals surface area (Å²) in [6, 6.07) is 18.8. The molecule has 3 aromatic rings. The molecule has 0 fully saturated rings. The molecule has 1 atom stereocenters. The zero-order chi connectivity index (χ0) is 19.1. The number of aliphatic hydroxyl groups is 1. The van der Waals surface area contributed by atoms with Crippen LogP contribution in [0.5, 0.6) is 0 Å². The number of aromatic nitrogens is 2. The lowest BCUT2D eigenvalue weighted by atomic mass is 10.0. The predicted octanol–water partition coefficient (Wildman–Crippen LogP) is 3.02. The summed E-state index contributed by atoms with van der Waals surface area (Å²) in [5.41, 5.74) is 4.54. The highest BCUT2D eigenvalue weighted by atomic mass is 16.7.